The molecule has 4 aromatic rings. The fourth-order valence-corrected chi connectivity index (χ4v) is 5.70. The number of aryl methyl sites for hydroxylation is 2. The molecule has 1 saturated heterocycles. The van der Waals surface area contributed by atoms with Crippen molar-refractivity contribution < 1.29 is 14.7 Å². The smallest absolute Gasteiger partial charge is 0.407 e. The van der Waals surface area contributed by atoms with E-state index in [0.717, 1.165) is 62.8 Å². The van der Waals surface area contributed by atoms with Gasteiger partial charge < -0.3 is 19.9 Å². The summed E-state index contributed by atoms with van der Waals surface area (Å²) in [5.41, 5.74) is 8.67. The topological polar surface area (TPSA) is 102 Å². The molecule has 1 atom stereocenters. The Morgan fingerprint density at radius 1 is 1.05 bits per heavy atom. The van der Waals surface area contributed by atoms with Crippen LogP contribution in [0.5, 0.6) is 0 Å². The van der Waals surface area contributed by atoms with Crippen LogP contribution in [0, 0.1) is 13.8 Å². The Bertz CT molecular complexity index is 1520. The van der Waals surface area contributed by atoms with Crippen molar-refractivity contribution in [3.8, 4) is 11.1 Å². The van der Waals surface area contributed by atoms with Crippen molar-refractivity contribution in [3.05, 3.63) is 82.4 Å². The lowest BCUT2D eigenvalue weighted by molar-refractivity contribution is 0.0726. The van der Waals surface area contributed by atoms with Crippen LogP contribution in [0.3, 0.4) is 0 Å². The molecule has 2 N–H and O–H groups in total. The maximum Gasteiger partial charge on any atom is 0.407 e. The molecule has 188 valence electrons. The van der Waals surface area contributed by atoms with Gasteiger partial charge >= 0.3 is 6.09 Å². The number of fused-ring (bicyclic) bond motifs is 2. The highest BCUT2D eigenvalue weighted by molar-refractivity contribution is 5.92. The lowest BCUT2D eigenvalue weighted by Gasteiger charge is -2.33. The molecule has 0 bridgehead atoms. The van der Waals surface area contributed by atoms with Gasteiger partial charge in [-0.1, -0.05) is 12.1 Å². The van der Waals surface area contributed by atoms with Gasteiger partial charge in [-0.05, 0) is 84.7 Å². The van der Waals surface area contributed by atoms with Crippen LogP contribution in [0.15, 0.2) is 48.9 Å². The van der Waals surface area contributed by atoms with Crippen LogP contribution in [-0.4, -0.2) is 54.9 Å². The molecule has 0 aliphatic carbocycles. The molecule has 0 spiro atoms. The van der Waals surface area contributed by atoms with Crippen LogP contribution >= 0.6 is 0 Å². The average molecular weight is 496 g/mol. The van der Waals surface area contributed by atoms with E-state index >= 15 is 0 Å². The van der Waals surface area contributed by atoms with Crippen molar-refractivity contribution in [2.45, 2.75) is 45.7 Å². The molecule has 5 heterocycles. The SMILES string of the molecule is Cc1ccc(C(=O)N2CCc3cc(-c4cnc5[nH]cc(C)c5c4)cc([C@@H]4CCCN4C(=O)O)c3C2)nc1. The number of benzene rings is 1. The fourth-order valence-electron chi connectivity index (χ4n) is 5.70. The molecule has 6 rings (SSSR count). The second-order valence-corrected chi connectivity index (χ2v) is 10.1. The van der Waals surface area contributed by atoms with E-state index in [0.29, 0.717) is 31.7 Å². The number of carbonyl (C=O) groups is 2. The summed E-state index contributed by atoms with van der Waals surface area (Å²) in [7, 11) is 0. The molecular formula is C29H29N5O3. The highest BCUT2D eigenvalue weighted by atomic mass is 16.4. The monoisotopic (exact) mass is 495 g/mol. The molecule has 2 amide bonds. The molecular weight excluding hydrogens is 466 g/mol. The number of nitrogens with one attached hydrogen (secondary N) is 1. The Kier molecular flexibility index (Phi) is 5.67. The van der Waals surface area contributed by atoms with E-state index in [-0.39, 0.29) is 11.9 Å². The third-order valence-electron chi connectivity index (χ3n) is 7.72. The van der Waals surface area contributed by atoms with E-state index < -0.39 is 6.09 Å². The molecule has 37 heavy (non-hydrogen) atoms. The highest BCUT2D eigenvalue weighted by Crippen LogP contribution is 2.40. The highest BCUT2D eigenvalue weighted by Gasteiger charge is 2.34. The van der Waals surface area contributed by atoms with Gasteiger partial charge in [0.1, 0.15) is 11.3 Å². The molecule has 0 unspecified atom stereocenters. The van der Waals surface area contributed by atoms with Gasteiger partial charge in [-0.2, -0.15) is 0 Å². The lowest BCUT2D eigenvalue weighted by atomic mass is 9.86. The second kappa shape index (κ2) is 9.03. The minimum atomic E-state index is -0.903. The summed E-state index contributed by atoms with van der Waals surface area (Å²) >= 11 is 0. The minimum Gasteiger partial charge on any atom is -0.465 e. The zero-order valence-corrected chi connectivity index (χ0v) is 21.0. The van der Waals surface area contributed by atoms with Gasteiger partial charge in [-0.15, -0.1) is 0 Å². The van der Waals surface area contributed by atoms with Gasteiger partial charge in [0.15, 0.2) is 0 Å². The summed E-state index contributed by atoms with van der Waals surface area (Å²) in [5, 5.41) is 11.0. The van der Waals surface area contributed by atoms with Gasteiger partial charge in [0.2, 0.25) is 0 Å². The first-order chi connectivity index (χ1) is 17.9. The van der Waals surface area contributed by atoms with Crippen molar-refractivity contribution in [1.82, 2.24) is 24.8 Å². The standard InChI is InChI=1S/C29H29N5O3/c1-17-5-6-25(30-13-17)28(35)33-9-7-19-10-20(21-12-22-18(2)14-31-27(22)32-15-21)11-23(24(19)16-33)26-4-3-8-34(26)29(36)37/h5-6,10-15,26H,3-4,7-9,16H2,1-2H3,(H,31,32)(H,36,37)/t26-/m0/s1. The molecule has 1 fully saturated rings. The summed E-state index contributed by atoms with van der Waals surface area (Å²) in [4.78, 5) is 40.9. The van der Waals surface area contributed by atoms with Gasteiger partial charge in [-0.25, -0.2) is 9.78 Å². The van der Waals surface area contributed by atoms with Crippen molar-refractivity contribution >= 4 is 23.0 Å². The maximum atomic E-state index is 13.3. The van der Waals surface area contributed by atoms with Crippen LogP contribution in [0.25, 0.3) is 22.2 Å². The summed E-state index contributed by atoms with van der Waals surface area (Å²) in [5.74, 6) is -0.0974. The van der Waals surface area contributed by atoms with E-state index in [1.54, 1.807) is 17.2 Å². The van der Waals surface area contributed by atoms with Gasteiger partial charge in [-0.3, -0.25) is 9.78 Å². The van der Waals surface area contributed by atoms with Crippen molar-refractivity contribution in [3.63, 3.8) is 0 Å². The molecule has 8 nitrogen and oxygen atoms in total. The maximum absolute atomic E-state index is 13.3. The molecule has 2 aliphatic rings. The number of pyridine rings is 2. The first kappa shape index (κ1) is 23.2. The quantitative estimate of drug-likeness (QED) is 0.404. The van der Waals surface area contributed by atoms with Crippen molar-refractivity contribution in [2.75, 3.05) is 13.1 Å². The Morgan fingerprint density at radius 2 is 1.92 bits per heavy atom. The fraction of sp³-hybridized carbons (Fsp3) is 0.310. The first-order valence-corrected chi connectivity index (χ1v) is 12.7. The van der Waals surface area contributed by atoms with Crippen LogP contribution in [0.2, 0.25) is 0 Å². The Labute approximate surface area is 215 Å². The molecule has 2 aliphatic heterocycles. The number of carbonyl (C=O) groups excluding carboxylic acids is 1. The third kappa shape index (κ3) is 4.12. The largest absolute Gasteiger partial charge is 0.465 e. The Morgan fingerprint density at radius 3 is 2.70 bits per heavy atom. The number of nitrogens with zero attached hydrogens (tertiary/aromatic N) is 4. The number of hydrogen-bond donors (Lipinski definition) is 2. The summed E-state index contributed by atoms with van der Waals surface area (Å²) < 4.78 is 0. The van der Waals surface area contributed by atoms with E-state index in [1.807, 2.05) is 30.3 Å². The predicted octanol–water partition coefficient (Wildman–Crippen LogP) is 5.26. The minimum absolute atomic E-state index is 0.0974. The van der Waals surface area contributed by atoms with Gasteiger partial charge in [0, 0.05) is 49.2 Å². The third-order valence-corrected chi connectivity index (χ3v) is 7.72. The van der Waals surface area contributed by atoms with Gasteiger partial charge in [0.25, 0.3) is 5.91 Å². The van der Waals surface area contributed by atoms with E-state index in [9.17, 15) is 14.7 Å². The lowest BCUT2D eigenvalue weighted by Crippen LogP contribution is -2.38. The van der Waals surface area contributed by atoms with Crippen LogP contribution in [-0.2, 0) is 13.0 Å². The summed E-state index contributed by atoms with van der Waals surface area (Å²) in [6, 6.07) is 9.89. The van der Waals surface area contributed by atoms with Crippen molar-refractivity contribution in [2.24, 2.45) is 0 Å². The number of aromatic nitrogens is 3. The van der Waals surface area contributed by atoms with Crippen LogP contribution in [0.4, 0.5) is 4.79 Å². The van der Waals surface area contributed by atoms with Crippen LogP contribution in [0.1, 0.15) is 57.2 Å². The normalized spacial score (nSPS) is 17.3. The molecule has 8 heteroatoms. The Hall–Kier alpha value is -4.20. The van der Waals surface area contributed by atoms with Crippen molar-refractivity contribution in [1.29, 1.82) is 0 Å². The van der Waals surface area contributed by atoms with Gasteiger partial charge in [0.05, 0.1) is 6.04 Å². The number of hydrogen-bond acceptors (Lipinski definition) is 4. The molecule has 3 aromatic heterocycles. The zero-order chi connectivity index (χ0) is 25.7. The van der Waals surface area contributed by atoms with Crippen LogP contribution < -0.4 is 0 Å². The van der Waals surface area contributed by atoms with E-state index in [1.165, 1.54) is 0 Å². The number of carboxylic acid groups (broad SMARTS) is 1. The summed E-state index contributed by atoms with van der Waals surface area (Å²) in [6.45, 7) is 5.55. The summed E-state index contributed by atoms with van der Waals surface area (Å²) in [6.07, 6.45) is 6.92. The molecule has 0 radical (unpaired) electrons. The predicted molar refractivity (Wildman–Crippen MR) is 140 cm³/mol. The Balaban J connectivity index is 1.43. The number of aromatic amines is 1. The zero-order valence-electron chi connectivity index (χ0n) is 21.0. The molecule has 1 aromatic carbocycles. The first-order valence-electron chi connectivity index (χ1n) is 12.7. The number of amides is 2. The number of likely N-dealkylation sites (tertiary alicyclic amines) is 1. The number of rotatable bonds is 3. The van der Waals surface area contributed by atoms with E-state index in [4.69, 9.17) is 0 Å². The number of H-pyrrole nitrogens is 1. The van der Waals surface area contributed by atoms with E-state index in [2.05, 4.69) is 40.1 Å². The second-order valence-electron chi connectivity index (χ2n) is 10.1. The molecule has 0 saturated carbocycles. The average Bonchev–Trinajstić information content (AvgIpc) is 3.55.